The lowest BCUT2D eigenvalue weighted by Gasteiger charge is -2.52. The summed E-state index contributed by atoms with van der Waals surface area (Å²) in [5.74, 6) is 0.877. The fourth-order valence-corrected chi connectivity index (χ4v) is 3.65. The van der Waals surface area contributed by atoms with Crippen molar-refractivity contribution in [2.75, 3.05) is 7.11 Å². The second-order valence-corrected chi connectivity index (χ2v) is 5.82. The number of halogens is 1. The van der Waals surface area contributed by atoms with Gasteiger partial charge in [-0.1, -0.05) is 26.0 Å². The molecule has 19 heavy (non-hydrogen) atoms. The van der Waals surface area contributed by atoms with Crippen molar-refractivity contribution in [1.29, 1.82) is 0 Å². The minimum absolute atomic E-state index is 0.167. The Morgan fingerprint density at radius 1 is 1.32 bits per heavy atom. The van der Waals surface area contributed by atoms with Crippen molar-refractivity contribution in [3.8, 4) is 5.75 Å². The van der Waals surface area contributed by atoms with E-state index < -0.39 is 0 Å². The Morgan fingerprint density at radius 3 is 2.63 bits per heavy atom. The molecule has 0 bridgehead atoms. The molecule has 0 N–H and O–H groups in total. The molecule has 0 radical (unpaired) electrons. The van der Waals surface area contributed by atoms with Crippen LogP contribution in [0, 0.1) is 5.41 Å². The number of methoxy groups -OCH3 is 1. The summed E-state index contributed by atoms with van der Waals surface area (Å²) in [6.07, 6.45) is 3.42. The van der Waals surface area contributed by atoms with Gasteiger partial charge in [0.1, 0.15) is 5.75 Å². The predicted molar refractivity (Wildman–Crippen MR) is 78.8 cm³/mol. The minimum atomic E-state index is 0.167. The average Bonchev–Trinajstić information content (AvgIpc) is 2.45. The predicted octanol–water partition coefficient (Wildman–Crippen LogP) is 4.40. The third kappa shape index (κ3) is 2.75. The maximum atomic E-state index is 6.40. The second kappa shape index (κ2) is 6.15. The summed E-state index contributed by atoms with van der Waals surface area (Å²) < 4.78 is 11.3. The first kappa shape index (κ1) is 14.7. The molecule has 1 aromatic carbocycles. The Labute approximate surface area is 121 Å². The average molecular weight is 283 g/mol. The van der Waals surface area contributed by atoms with Gasteiger partial charge in [0, 0.05) is 10.8 Å². The van der Waals surface area contributed by atoms with Gasteiger partial charge in [-0.2, -0.15) is 0 Å². The van der Waals surface area contributed by atoms with Crippen LogP contribution in [0.2, 0.25) is 0 Å². The molecule has 3 heteroatoms. The molecular formula is C16H23ClO2. The van der Waals surface area contributed by atoms with Gasteiger partial charge in [0.15, 0.2) is 0 Å². The molecule has 0 spiro atoms. The normalized spacial score (nSPS) is 24.8. The molecule has 0 aromatic heterocycles. The van der Waals surface area contributed by atoms with Gasteiger partial charge in [0.2, 0.25) is 0 Å². The standard InChI is InChI=1S/C16H23ClO2/c1-4-16(5-2)14(17)10-15(16)19-11-12-7-6-8-13(9-12)18-3/h6-9,14-15H,4-5,10-11H2,1-3H3. The van der Waals surface area contributed by atoms with Crippen molar-refractivity contribution >= 4 is 11.6 Å². The summed E-state index contributed by atoms with van der Waals surface area (Å²) in [6, 6.07) is 8.04. The lowest BCUT2D eigenvalue weighted by Crippen LogP contribution is -2.55. The quantitative estimate of drug-likeness (QED) is 0.720. The Morgan fingerprint density at radius 2 is 2.05 bits per heavy atom. The highest BCUT2D eigenvalue weighted by molar-refractivity contribution is 6.21. The molecule has 1 aliphatic rings. The monoisotopic (exact) mass is 282 g/mol. The summed E-state index contributed by atoms with van der Waals surface area (Å²) in [6.45, 7) is 5.05. The van der Waals surface area contributed by atoms with Crippen molar-refractivity contribution in [1.82, 2.24) is 0 Å². The first-order chi connectivity index (χ1) is 9.16. The van der Waals surface area contributed by atoms with E-state index in [1.807, 2.05) is 18.2 Å². The van der Waals surface area contributed by atoms with Gasteiger partial charge < -0.3 is 9.47 Å². The topological polar surface area (TPSA) is 18.5 Å². The third-order valence-corrected chi connectivity index (χ3v) is 5.20. The molecule has 0 saturated heterocycles. The molecule has 0 heterocycles. The van der Waals surface area contributed by atoms with Crippen LogP contribution in [0.15, 0.2) is 24.3 Å². The molecule has 2 nitrogen and oxygen atoms in total. The SMILES string of the molecule is CCC1(CC)C(Cl)CC1OCc1cccc(OC)c1. The van der Waals surface area contributed by atoms with Crippen molar-refractivity contribution in [3.63, 3.8) is 0 Å². The van der Waals surface area contributed by atoms with E-state index in [0.29, 0.717) is 6.61 Å². The third-order valence-electron chi connectivity index (χ3n) is 4.59. The fraction of sp³-hybridized carbons (Fsp3) is 0.625. The molecular weight excluding hydrogens is 260 g/mol. The van der Waals surface area contributed by atoms with Crippen molar-refractivity contribution in [2.45, 2.75) is 51.2 Å². The fourth-order valence-electron chi connectivity index (χ4n) is 3.04. The smallest absolute Gasteiger partial charge is 0.119 e. The summed E-state index contributed by atoms with van der Waals surface area (Å²) in [4.78, 5) is 0. The van der Waals surface area contributed by atoms with Gasteiger partial charge in [0.05, 0.1) is 19.8 Å². The van der Waals surface area contributed by atoms with Crippen molar-refractivity contribution < 1.29 is 9.47 Å². The zero-order valence-electron chi connectivity index (χ0n) is 12.0. The molecule has 2 rings (SSSR count). The van der Waals surface area contributed by atoms with Gasteiger partial charge in [-0.05, 0) is 37.0 Å². The first-order valence-electron chi connectivity index (χ1n) is 7.05. The number of alkyl halides is 1. The van der Waals surface area contributed by atoms with Crippen LogP contribution in [-0.4, -0.2) is 18.6 Å². The van der Waals surface area contributed by atoms with Crippen LogP contribution in [0.5, 0.6) is 5.75 Å². The van der Waals surface area contributed by atoms with Crippen LogP contribution in [0.4, 0.5) is 0 Å². The maximum absolute atomic E-state index is 6.40. The molecule has 2 unspecified atom stereocenters. The lowest BCUT2D eigenvalue weighted by molar-refractivity contribution is -0.119. The Hall–Kier alpha value is -0.730. The molecule has 106 valence electrons. The van der Waals surface area contributed by atoms with Crippen LogP contribution in [0.3, 0.4) is 0 Å². The summed E-state index contributed by atoms with van der Waals surface area (Å²) in [5.41, 5.74) is 1.32. The van der Waals surface area contributed by atoms with E-state index in [1.54, 1.807) is 7.11 Å². The zero-order valence-corrected chi connectivity index (χ0v) is 12.7. The van der Waals surface area contributed by atoms with Gasteiger partial charge in [-0.15, -0.1) is 11.6 Å². The summed E-state index contributed by atoms with van der Waals surface area (Å²) in [7, 11) is 1.68. The highest BCUT2D eigenvalue weighted by atomic mass is 35.5. The molecule has 1 aromatic rings. The number of hydrogen-bond acceptors (Lipinski definition) is 2. The number of ether oxygens (including phenoxy) is 2. The summed E-state index contributed by atoms with van der Waals surface area (Å²) in [5, 5.41) is 0.262. The van der Waals surface area contributed by atoms with E-state index in [9.17, 15) is 0 Å². The molecule has 1 aliphatic carbocycles. The largest absolute Gasteiger partial charge is 0.497 e. The highest BCUT2D eigenvalue weighted by Gasteiger charge is 2.52. The highest BCUT2D eigenvalue weighted by Crippen LogP contribution is 2.52. The van der Waals surface area contributed by atoms with E-state index in [-0.39, 0.29) is 16.9 Å². The molecule has 1 fully saturated rings. The van der Waals surface area contributed by atoms with Crippen LogP contribution in [0.1, 0.15) is 38.7 Å². The summed E-state index contributed by atoms with van der Waals surface area (Å²) >= 11 is 6.40. The zero-order chi connectivity index (χ0) is 13.9. The number of hydrogen-bond donors (Lipinski definition) is 0. The Balaban J connectivity index is 1.95. The van der Waals surface area contributed by atoms with Gasteiger partial charge in [0.25, 0.3) is 0 Å². The van der Waals surface area contributed by atoms with Crippen LogP contribution >= 0.6 is 11.6 Å². The number of rotatable bonds is 6. The Bertz CT molecular complexity index is 415. The van der Waals surface area contributed by atoms with Crippen molar-refractivity contribution in [3.05, 3.63) is 29.8 Å². The molecule has 0 aliphatic heterocycles. The van der Waals surface area contributed by atoms with E-state index in [0.717, 1.165) is 30.6 Å². The van der Waals surface area contributed by atoms with Crippen molar-refractivity contribution in [2.24, 2.45) is 5.41 Å². The second-order valence-electron chi connectivity index (χ2n) is 5.29. The van der Waals surface area contributed by atoms with E-state index in [2.05, 4.69) is 19.9 Å². The van der Waals surface area contributed by atoms with Gasteiger partial charge >= 0.3 is 0 Å². The van der Waals surface area contributed by atoms with Gasteiger partial charge in [-0.3, -0.25) is 0 Å². The van der Waals surface area contributed by atoms with Crippen LogP contribution in [0.25, 0.3) is 0 Å². The molecule has 0 amide bonds. The van der Waals surface area contributed by atoms with Gasteiger partial charge in [-0.25, -0.2) is 0 Å². The lowest BCUT2D eigenvalue weighted by atomic mass is 9.62. The Kier molecular flexibility index (Phi) is 4.75. The maximum Gasteiger partial charge on any atom is 0.119 e. The first-order valence-corrected chi connectivity index (χ1v) is 7.48. The van der Waals surface area contributed by atoms with Crippen LogP contribution < -0.4 is 4.74 Å². The van der Waals surface area contributed by atoms with E-state index >= 15 is 0 Å². The van der Waals surface area contributed by atoms with E-state index in [4.69, 9.17) is 21.1 Å². The number of benzene rings is 1. The minimum Gasteiger partial charge on any atom is -0.497 e. The molecule has 1 saturated carbocycles. The van der Waals surface area contributed by atoms with Crippen LogP contribution in [-0.2, 0) is 11.3 Å². The molecule has 2 atom stereocenters. The van der Waals surface area contributed by atoms with E-state index in [1.165, 1.54) is 0 Å².